The van der Waals surface area contributed by atoms with E-state index in [2.05, 4.69) is 15.0 Å². The summed E-state index contributed by atoms with van der Waals surface area (Å²) in [6, 6.07) is 7.75. The van der Waals surface area contributed by atoms with Gasteiger partial charge in [-0.3, -0.25) is 19.6 Å². The molecule has 198 valence electrons. The van der Waals surface area contributed by atoms with Crippen LogP contribution in [-0.2, 0) is 9.59 Å². The molecule has 1 saturated heterocycles. The molecular formula is C27H29ClFN7O2. The third kappa shape index (κ3) is 5.22. The minimum absolute atomic E-state index is 0.0429. The Kier molecular flexibility index (Phi) is 8.31. The lowest BCUT2D eigenvalue weighted by molar-refractivity contribution is -0.120. The molecule has 1 atom stereocenters. The Morgan fingerprint density at radius 2 is 1.92 bits per heavy atom. The van der Waals surface area contributed by atoms with Gasteiger partial charge in [0.2, 0.25) is 12.8 Å². The SMILES string of the molecule is C/N=C(\c1cc(Cl)c(-c2ccccc2F)nc1N(C=O)c1nccnc1C(C)C)N1CCN(C=O)CC1C. The summed E-state index contributed by atoms with van der Waals surface area (Å²) in [5.41, 5.74) is 1.44. The number of carbonyl (C=O) groups excluding carboxylic acids is 2. The van der Waals surface area contributed by atoms with E-state index in [4.69, 9.17) is 16.6 Å². The van der Waals surface area contributed by atoms with Crippen molar-refractivity contribution < 1.29 is 14.0 Å². The number of hydrogen-bond donors (Lipinski definition) is 0. The summed E-state index contributed by atoms with van der Waals surface area (Å²) < 4.78 is 14.8. The van der Waals surface area contributed by atoms with Gasteiger partial charge in [0.15, 0.2) is 11.6 Å². The molecule has 1 unspecified atom stereocenters. The van der Waals surface area contributed by atoms with Gasteiger partial charge in [-0.05, 0) is 31.0 Å². The third-order valence-electron chi connectivity index (χ3n) is 6.43. The highest BCUT2D eigenvalue weighted by atomic mass is 35.5. The van der Waals surface area contributed by atoms with Crippen molar-refractivity contribution in [3.8, 4) is 11.3 Å². The van der Waals surface area contributed by atoms with Crippen LogP contribution in [0.4, 0.5) is 16.0 Å². The molecular weight excluding hydrogens is 509 g/mol. The number of aromatic nitrogens is 3. The largest absolute Gasteiger partial charge is 0.350 e. The highest BCUT2D eigenvalue weighted by molar-refractivity contribution is 6.33. The van der Waals surface area contributed by atoms with Crippen LogP contribution in [0.15, 0.2) is 47.7 Å². The number of amidine groups is 1. The summed E-state index contributed by atoms with van der Waals surface area (Å²) >= 11 is 6.71. The van der Waals surface area contributed by atoms with Crippen LogP contribution in [-0.4, -0.2) is 76.1 Å². The molecule has 9 nitrogen and oxygen atoms in total. The van der Waals surface area contributed by atoms with E-state index >= 15 is 0 Å². The Labute approximate surface area is 226 Å². The maximum absolute atomic E-state index is 14.8. The average molecular weight is 538 g/mol. The zero-order chi connectivity index (χ0) is 27.4. The Balaban J connectivity index is 1.96. The van der Waals surface area contributed by atoms with E-state index in [1.165, 1.54) is 17.2 Å². The summed E-state index contributed by atoms with van der Waals surface area (Å²) in [5, 5.41) is 0.197. The first-order valence-corrected chi connectivity index (χ1v) is 12.6. The summed E-state index contributed by atoms with van der Waals surface area (Å²) in [6.07, 6.45) is 4.51. The molecule has 11 heteroatoms. The number of aliphatic imine (C=N–C) groups is 1. The van der Waals surface area contributed by atoms with Gasteiger partial charge in [-0.15, -0.1) is 0 Å². The van der Waals surface area contributed by atoms with Crippen LogP contribution >= 0.6 is 11.6 Å². The van der Waals surface area contributed by atoms with Crippen LogP contribution in [0.2, 0.25) is 5.02 Å². The predicted octanol–water partition coefficient (Wildman–Crippen LogP) is 4.29. The number of anilines is 2. The van der Waals surface area contributed by atoms with E-state index in [1.54, 1.807) is 42.4 Å². The van der Waals surface area contributed by atoms with Crippen LogP contribution in [0.25, 0.3) is 11.3 Å². The van der Waals surface area contributed by atoms with Gasteiger partial charge in [-0.1, -0.05) is 37.6 Å². The second-order valence-corrected chi connectivity index (χ2v) is 9.66. The maximum atomic E-state index is 14.8. The number of halogens is 2. The Morgan fingerprint density at radius 1 is 1.18 bits per heavy atom. The van der Waals surface area contributed by atoms with Crippen molar-refractivity contribution in [2.24, 2.45) is 4.99 Å². The summed E-state index contributed by atoms with van der Waals surface area (Å²) in [7, 11) is 1.64. The first-order valence-electron chi connectivity index (χ1n) is 12.2. The van der Waals surface area contributed by atoms with Crippen molar-refractivity contribution >= 4 is 41.9 Å². The standard InChI is InChI=1S/C27H29ClFN7O2/c1-17(2)23-27(32-10-9-31-23)36(16-38)26-20(25(30-4)35-12-11-34(15-37)14-18(35)3)13-21(28)24(33-26)19-7-5-6-8-22(19)29/h5-10,13,15-18H,11-12,14H2,1-4H3/b30-25+. The molecule has 0 radical (unpaired) electrons. The molecule has 0 aliphatic carbocycles. The average Bonchev–Trinajstić information content (AvgIpc) is 2.92. The molecule has 2 amide bonds. The third-order valence-corrected chi connectivity index (χ3v) is 6.72. The van der Waals surface area contributed by atoms with Crippen molar-refractivity contribution in [2.75, 3.05) is 31.6 Å². The molecule has 1 aliphatic rings. The minimum Gasteiger partial charge on any atom is -0.350 e. The fourth-order valence-corrected chi connectivity index (χ4v) is 4.86. The molecule has 3 heterocycles. The maximum Gasteiger partial charge on any atom is 0.221 e. The van der Waals surface area contributed by atoms with Crippen molar-refractivity contribution in [2.45, 2.75) is 32.7 Å². The van der Waals surface area contributed by atoms with Gasteiger partial charge in [0, 0.05) is 50.7 Å². The summed E-state index contributed by atoms with van der Waals surface area (Å²) in [4.78, 5) is 47.3. The molecule has 0 spiro atoms. The lowest BCUT2D eigenvalue weighted by atomic mass is 10.1. The van der Waals surface area contributed by atoms with Crippen LogP contribution < -0.4 is 4.90 Å². The number of pyridine rings is 1. The second-order valence-electron chi connectivity index (χ2n) is 9.26. The fourth-order valence-electron chi connectivity index (χ4n) is 4.60. The van der Waals surface area contributed by atoms with Gasteiger partial charge in [0.1, 0.15) is 11.7 Å². The molecule has 0 N–H and O–H groups in total. The normalized spacial score (nSPS) is 16.1. The van der Waals surface area contributed by atoms with Gasteiger partial charge in [0.25, 0.3) is 0 Å². The lowest BCUT2D eigenvalue weighted by Gasteiger charge is -2.40. The Bertz CT molecular complexity index is 1370. The Hall–Kier alpha value is -3.92. The summed E-state index contributed by atoms with van der Waals surface area (Å²) in [5.74, 6) is 0.495. The fraction of sp³-hybridized carbons (Fsp3) is 0.333. The zero-order valence-corrected chi connectivity index (χ0v) is 22.4. The van der Waals surface area contributed by atoms with Crippen LogP contribution in [0.3, 0.4) is 0 Å². The summed E-state index contributed by atoms with van der Waals surface area (Å²) in [6.45, 7) is 7.42. The molecule has 38 heavy (non-hydrogen) atoms. The van der Waals surface area contributed by atoms with E-state index in [0.29, 0.717) is 49.0 Å². The molecule has 0 bridgehead atoms. The first-order chi connectivity index (χ1) is 18.3. The number of nitrogens with zero attached hydrogens (tertiary/aromatic N) is 7. The van der Waals surface area contributed by atoms with Crippen molar-refractivity contribution in [3.05, 3.63) is 64.8 Å². The molecule has 1 fully saturated rings. The Morgan fingerprint density at radius 3 is 2.55 bits per heavy atom. The van der Waals surface area contributed by atoms with Crippen LogP contribution in [0.1, 0.15) is 37.9 Å². The van der Waals surface area contributed by atoms with E-state index < -0.39 is 5.82 Å². The van der Waals surface area contributed by atoms with Crippen molar-refractivity contribution in [1.29, 1.82) is 0 Å². The molecule has 1 aliphatic heterocycles. The predicted molar refractivity (Wildman–Crippen MR) is 145 cm³/mol. The molecule has 1 aromatic carbocycles. The quantitative estimate of drug-likeness (QED) is 0.253. The number of hydrogen-bond acceptors (Lipinski definition) is 6. The van der Waals surface area contributed by atoms with E-state index in [1.807, 2.05) is 25.7 Å². The number of carbonyl (C=O) groups is 2. The minimum atomic E-state index is -0.497. The van der Waals surface area contributed by atoms with E-state index in [0.717, 1.165) is 6.41 Å². The van der Waals surface area contributed by atoms with Crippen LogP contribution in [0.5, 0.6) is 0 Å². The topological polar surface area (TPSA) is 94.9 Å². The number of rotatable bonds is 7. The zero-order valence-electron chi connectivity index (χ0n) is 21.7. The monoisotopic (exact) mass is 537 g/mol. The molecule has 2 aromatic heterocycles. The van der Waals surface area contributed by atoms with Crippen molar-refractivity contribution in [1.82, 2.24) is 24.8 Å². The van der Waals surface area contributed by atoms with Gasteiger partial charge in [-0.2, -0.15) is 0 Å². The smallest absolute Gasteiger partial charge is 0.221 e. The lowest BCUT2D eigenvalue weighted by Crippen LogP contribution is -2.53. The van der Waals surface area contributed by atoms with E-state index in [9.17, 15) is 14.0 Å². The number of benzene rings is 1. The molecule has 4 rings (SSSR count). The van der Waals surface area contributed by atoms with Gasteiger partial charge in [0.05, 0.1) is 22.0 Å². The van der Waals surface area contributed by atoms with Crippen molar-refractivity contribution in [3.63, 3.8) is 0 Å². The second kappa shape index (κ2) is 11.6. The van der Waals surface area contributed by atoms with Gasteiger partial charge >= 0.3 is 0 Å². The molecule has 3 aromatic rings. The molecule has 0 saturated carbocycles. The highest BCUT2D eigenvalue weighted by Crippen LogP contribution is 2.37. The van der Waals surface area contributed by atoms with Crippen LogP contribution in [0, 0.1) is 5.82 Å². The first kappa shape index (κ1) is 27.1. The van der Waals surface area contributed by atoms with Gasteiger partial charge in [-0.25, -0.2) is 19.3 Å². The van der Waals surface area contributed by atoms with E-state index in [-0.39, 0.29) is 34.1 Å². The highest BCUT2D eigenvalue weighted by Gasteiger charge is 2.31. The number of amides is 2. The van der Waals surface area contributed by atoms with Gasteiger partial charge < -0.3 is 9.80 Å². The number of piperazine rings is 1.